The third-order valence-corrected chi connectivity index (χ3v) is 5.15. The maximum absolute atomic E-state index is 12.2. The van der Waals surface area contributed by atoms with Gasteiger partial charge in [-0.1, -0.05) is 19.9 Å². The van der Waals surface area contributed by atoms with Gasteiger partial charge in [0.2, 0.25) is 0 Å². The fourth-order valence-corrected chi connectivity index (χ4v) is 3.97. The van der Waals surface area contributed by atoms with Gasteiger partial charge in [-0.05, 0) is 24.6 Å². The molecule has 0 aliphatic carbocycles. The molecular weight excluding hydrogens is 300 g/mol. The largest absolute Gasteiger partial charge is 0.327 e. The monoisotopic (exact) mass is 325 g/mol. The summed E-state index contributed by atoms with van der Waals surface area (Å²) in [4.78, 5) is 13.7. The molecule has 1 aromatic rings. The summed E-state index contributed by atoms with van der Waals surface area (Å²) in [6.45, 7) is 6.91. The molecule has 1 heterocycles. The lowest BCUT2D eigenvalue weighted by Gasteiger charge is -2.31. The van der Waals surface area contributed by atoms with Crippen molar-refractivity contribution in [1.82, 2.24) is 0 Å². The highest BCUT2D eigenvalue weighted by atomic mass is 32.2. The molecular formula is C16H25N2O3S+. The van der Waals surface area contributed by atoms with Crippen LogP contribution in [0.15, 0.2) is 29.2 Å². The SMILES string of the molecule is C[C@@H]1C[C@H](C)C[NH+](CC(=O)Nc2cccc(S(C)(=O)=O)c2)C1. The van der Waals surface area contributed by atoms with Crippen LogP contribution >= 0.6 is 0 Å². The quantitative estimate of drug-likeness (QED) is 0.851. The molecule has 3 atom stereocenters. The van der Waals surface area contributed by atoms with E-state index in [1.165, 1.54) is 23.5 Å². The van der Waals surface area contributed by atoms with Gasteiger partial charge in [0.25, 0.3) is 5.91 Å². The first-order valence-electron chi connectivity index (χ1n) is 7.67. The summed E-state index contributed by atoms with van der Waals surface area (Å²) >= 11 is 0. The average Bonchev–Trinajstić information content (AvgIpc) is 2.36. The lowest BCUT2D eigenvalue weighted by molar-refractivity contribution is -0.904. The van der Waals surface area contributed by atoms with E-state index in [1.54, 1.807) is 12.1 Å². The molecule has 1 aliphatic rings. The molecule has 0 spiro atoms. The van der Waals surface area contributed by atoms with Crippen LogP contribution in [0.1, 0.15) is 20.3 Å². The van der Waals surface area contributed by atoms with Crippen molar-refractivity contribution < 1.29 is 18.1 Å². The molecule has 22 heavy (non-hydrogen) atoms. The van der Waals surface area contributed by atoms with Crippen LogP contribution in [0.3, 0.4) is 0 Å². The third-order valence-electron chi connectivity index (χ3n) is 4.04. The molecule has 122 valence electrons. The highest BCUT2D eigenvalue weighted by molar-refractivity contribution is 7.90. The summed E-state index contributed by atoms with van der Waals surface area (Å²) in [5.74, 6) is 1.21. The molecule has 0 bridgehead atoms. The van der Waals surface area contributed by atoms with E-state index in [2.05, 4.69) is 19.2 Å². The number of hydrogen-bond donors (Lipinski definition) is 2. The van der Waals surface area contributed by atoms with Crippen LogP contribution in [0.25, 0.3) is 0 Å². The van der Waals surface area contributed by atoms with E-state index in [0.717, 1.165) is 19.3 Å². The Hall–Kier alpha value is -1.40. The Labute approximate surface area is 132 Å². The molecule has 1 aliphatic heterocycles. The molecule has 1 aromatic carbocycles. The van der Waals surface area contributed by atoms with E-state index in [-0.39, 0.29) is 10.8 Å². The minimum absolute atomic E-state index is 0.0676. The normalized spacial score (nSPS) is 25.7. The van der Waals surface area contributed by atoms with Crippen molar-refractivity contribution in [2.45, 2.75) is 25.2 Å². The number of piperidine rings is 1. The molecule has 0 aromatic heterocycles. The summed E-state index contributed by atoms with van der Waals surface area (Å²) in [6, 6.07) is 6.39. The molecule has 1 fully saturated rings. The molecule has 0 saturated carbocycles. The van der Waals surface area contributed by atoms with E-state index >= 15 is 0 Å². The Morgan fingerprint density at radius 1 is 1.27 bits per heavy atom. The molecule has 1 unspecified atom stereocenters. The Kier molecular flexibility index (Phi) is 5.24. The zero-order chi connectivity index (χ0) is 16.3. The maximum atomic E-state index is 12.2. The lowest BCUT2D eigenvalue weighted by Crippen LogP contribution is -3.15. The van der Waals surface area contributed by atoms with Crippen LogP contribution < -0.4 is 10.2 Å². The zero-order valence-electron chi connectivity index (χ0n) is 13.4. The van der Waals surface area contributed by atoms with Crippen molar-refractivity contribution in [2.24, 2.45) is 11.8 Å². The Balaban J connectivity index is 1.97. The second-order valence-electron chi connectivity index (χ2n) is 6.63. The molecule has 2 N–H and O–H groups in total. The fourth-order valence-electron chi connectivity index (χ4n) is 3.30. The van der Waals surface area contributed by atoms with Crippen molar-refractivity contribution in [3.63, 3.8) is 0 Å². The Morgan fingerprint density at radius 2 is 1.91 bits per heavy atom. The number of amides is 1. The highest BCUT2D eigenvalue weighted by Gasteiger charge is 2.26. The first kappa shape index (κ1) is 17.0. The van der Waals surface area contributed by atoms with Gasteiger partial charge < -0.3 is 10.2 Å². The second-order valence-corrected chi connectivity index (χ2v) is 8.64. The summed E-state index contributed by atoms with van der Waals surface area (Å²) < 4.78 is 23.1. The summed E-state index contributed by atoms with van der Waals surface area (Å²) in [5, 5.41) is 2.81. The van der Waals surface area contributed by atoms with E-state index in [1.807, 2.05) is 0 Å². The fraction of sp³-hybridized carbons (Fsp3) is 0.562. The van der Waals surface area contributed by atoms with Crippen LogP contribution in [-0.2, 0) is 14.6 Å². The minimum atomic E-state index is -3.26. The topological polar surface area (TPSA) is 67.7 Å². The molecule has 5 nitrogen and oxygen atoms in total. The van der Waals surface area contributed by atoms with Crippen LogP contribution in [0.5, 0.6) is 0 Å². The number of quaternary nitrogens is 1. The van der Waals surface area contributed by atoms with Crippen LogP contribution in [0.4, 0.5) is 5.69 Å². The second kappa shape index (κ2) is 6.79. The van der Waals surface area contributed by atoms with Gasteiger partial charge in [0.15, 0.2) is 16.4 Å². The standard InChI is InChI=1S/C16H24N2O3S/c1-12-7-13(2)10-18(9-12)11-16(19)17-14-5-4-6-15(8-14)22(3,20)21/h4-6,8,12-13H,7,9-11H2,1-3H3,(H,17,19)/p+1/t12-,13+. The summed E-state index contributed by atoms with van der Waals surface area (Å²) in [5.41, 5.74) is 0.533. The molecule has 0 radical (unpaired) electrons. The number of carbonyl (C=O) groups excluding carboxylic acids is 1. The summed E-state index contributed by atoms with van der Waals surface area (Å²) in [6.07, 6.45) is 2.39. The number of benzene rings is 1. The minimum Gasteiger partial charge on any atom is -0.327 e. The van der Waals surface area contributed by atoms with Crippen molar-refractivity contribution in [3.05, 3.63) is 24.3 Å². The molecule has 1 saturated heterocycles. The number of likely N-dealkylation sites (tertiary alicyclic amines) is 1. The van der Waals surface area contributed by atoms with Crippen LogP contribution in [-0.4, -0.2) is 40.2 Å². The van der Waals surface area contributed by atoms with Gasteiger partial charge in [-0.3, -0.25) is 4.79 Å². The van der Waals surface area contributed by atoms with Gasteiger partial charge in [-0.25, -0.2) is 8.42 Å². The third kappa shape index (κ3) is 4.81. The predicted octanol–water partition coefficient (Wildman–Crippen LogP) is 0.589. The number of rotatable bonds is 4. The maximum Gasteiger partial charge on any atom is 0.279 e. The Bertz CT molecular complexity index is 633. The number of nitrogens with one attached hydrogen (secondary N) is 2. The predicted molar refractivity (Wildman–Crippen MR) is 86.7 cm³/mol. The molecule has 2 rings (SSSR count). The van der Waals surface area contributed by atoms with E-state index in [4.69, 9.17) is 0 Å². The van der Waals surface area contributed by atoms with E-state index < -0.39 is 9.84 Å². The van der Waals surface area contributed by atoms with Gasteiger partial charge in [0.05, 0.1) is 18.0 Å². The van der Waals surface area contributed by atoms with Gasteiger partial charge in [0.1, 0.15) is 0 Å². The van der Waals surface area contributed by atoms with Crippen molar-refractivity contribution in [2.75, 3.05) is 31.2 Å². The van der Waals surface area contributed by atoms with Gasteiger partial charge in [-0.15, -0.1) is 0 Å². The molecule has 1 amide bonds. The Morgan fingerprint density at radius 3 is 2.50 bits per heavy atom. The lowest BCUT2D eigenvalue weighted by atomic mass is 9.92. The first-order chi connectivity index (χ1) is 10.2. The van der Waals surface area contributed by atoms with Crippen molar-refractivity contribution >= 4 is 21.4 Å². The number of hydrogen-bond acceptors (Lipinski definition) is 3. The average molecular weight is 325 g/mol. The molecule has 6 heteroatoms. The van der Waals surface area contributed by atoms with Crippen molar-refractivity contribution in [1.29, 1.82) is 0 Å². The van der Waals surface area contributed by atoms with Crippen molar-refractivity contribution in [3.8, 4) is 0 Å². The zero-order valence-corrected chi connectivity index (χ0v) is 14.2. The first-order valence-corrected chi connectivity index (χ1v) is 9.56. The number of carbonyl (C=O) groups is 1. The number of sulfone groups is 1. The summed E-state index contributed by atoms with van der Waals surface area (Å²) in [7, 11) is -3.26. The smallest absolute Gasteiger partial charge is 0.279 e. The van der Waals surface area contributed by atoms with Gasteiger partial charge >= 0.3 is 0 Å². The van der Waals surface area contributed by atoms with Crippen LogP contribution in [0.2, 0.25) is 0 Å². The van der Waals surface area contributed by atoms with E-state index in [0.29, 0.717) is 24.1 Å². The van der Waals surface area contributed by atoms with Crippen LogP contribution in [0, 0.1) is 11.8 Å². The highest BCUT2D eigenvalue weighted by Crippen LogP contribution is 2.15. The van der Waals surface area contributed by atoms with E-state index in [9.17, 15) is 13.2 Å². The number of anilines is 1. The van der Waals surface area contributed by atoms with Gasteiger partial charge in [-0.2, -0.15) is 0 Å². The van der Waals surface area contributed by atoms with Gasteiger partial charge in [0, 0.05) is 23.8 Å².